The first-order chi connectivity index (χ1) is 7.30. The Balaban J connectivity index is 2.84. The van der Waals surface area contributed by atoms with Gasteiger partial charge in [-0.05, 0) is 31.2 Å². The van der Waals surface area contributed by atoms with E-state index in [0.717, 1.165) is 11.2 Å². The van der Waals surface area contributed by atoms with E-state index >= 15 is 0 Å². The van der Waals surface area contributed by atoms with E-state index in [1.807, 2.05) is 0 Å². The number of benzene rings is 1. The van der Waals surface area contributed by atoms with Crippen molar-refractivity contribution in [3.8, 4) is 0 Å². The lowest BCUT2D eigenvalue weighted by Crippen LogP contribution is -2.22. The Bertz CT molecular complexity index is 479. The molecular weight excluding hydrogens is 246 g/mol. The summed E-state index contributed by atoms with van der Waals surface area (Å²) in [5.74, 6) is -0.391. The summed E-state index contributed by atoms with van der Waals surface area (Å²) in [6, 6.07) is 6.37. The zero-order valence-electron chi connectivity index (χ0n) is 9.01. The van der Waals surface area contributed by atoms with Crippen LogP contribution >= 0.6 is 11.8 Å². The zero-order valence-corrected chi connectivity index (χ0v) is 10.6. The molecule has 16 heavy (non-hydrogen) atoms. The minimum atomic E-state index is -3.17. The van der Waals surface area contributed by atoms with Gasteiger partial charge in [-0.15, -0.1) is 11.8 Å². The first-order valence-electron chi connectivity index (χ1n) is 4.57. The van der Waals surface area contributed by atoms with Crippen LogP contribution in [0.15, 0.2) is 34.1 Å². The molecule has 0 aliphatic carbocycles. The first-order valence-corrected chi connectivity index (χ1v) is 7.34. The molecule has 1 aromatic carbocycles. The molecule has 0 aliphatic heterocycles. The smallest absolute Gasteiger partial charge is 0.230 e. The third kappa shape index (κ3) is 3.53. The number of carbonyl (C=O) groups excluding carboxylic acids is 1. The lowest BCUT2D eigenvalue weighted by atomic mass is 10.4. The molecule has 4 nitrogen and oxygen atoms in total. The number of hydrogen-bond donors (Lipinski definition) is 1. The van der Waals surface area contributed by atoms with Crippen molar-refractivity contribution in [1.29, 1.82) is 0 Å². The lowest BCUT2D eigenvalue weighted by molar-refractivity contribution is -0.117. The average Bonchev–Trinajstić information content (AvgIpc) is 2.17. The predicted octanol–water partition coefficient (Wildman–Crippen LogP) is 1.06. The minimum Gasteiger partial charge on any atom is -0.369 e. The Morgan fingerprint density at radius 2 is 1.81 bits per heavy atom. The van der Waals surface area contributed by atoms with Gasteiger partial charge in [0.1, 0.15) is 0 Å². The number of amides is 1. The van der Waals surface area contributed by atoms with Crippen LogP contribution in [-0.4, -0.2) is 25.8 Å². The predicted molar refractivity (Wildman–Crippen MR) is 64.1 cm³/mol. The summed E-state index contributed by atoms with van der Waals surface area (Å²) in [6.07, 6.45) is 1.15. The third-order valence-corrected chi connectivity index (χ3v) is 4.22. The molecule has 0 saturated carbocycles. The van der Waals surface area contributed by atoms with Gasteiger partial charge >= 0.3 is 0 Å². The molecule has 0 heterocycles. The van der Waals surface area contributed by atoms with Crippen molar-refractivity contribution >= 4 is 27.5 Å². The second-order valence-corrected chi connectivity index (χ2v) is 6.84. The van der Waals surface area contributed by atoms with Gasteiger partial charge in [-0.2, -0.15) is 0 Å². The molecule has 0 aromatic heterocycles. The third-order valence-electron chi connectivity index (χ3n) is 1.97. The van der Waals surface area contributed by atoms with Gasteiger partial charge in [0.15, 0.2) is 9.84 Å². The Morgan fingerprint density at radius 3 is 2.19 bits per heavy atom. The molecule has 0 saturated heterocycles. The van der Waals surface area contributed by atoms with Crippen LogP contribution in [0.1, 0.15) is 6.92 Å². The van der Waals surface area contributed by atoms with E-state index in [9.17, 15) is 13.2 Å². The highest BCUT2D eigenvalue weighted by Gasteiger charge is 2.11. The summed E-state index contributed by atoms with van der Waals surface area (Å²) in [5, 5.41) is -0.330. The van der Waals surface area contributed by atoms with Crippen LogP contribution in [0, 0.1) is 0 Å². The van der Waals surface area contributed by atoms with Gasteiger partial charge in [0.05, 0.1) is 10.1 Å². The highest BCUT2D eigenvalue weighted by Crippen LogP contribution is 2.24. The second kappa shape index (κ2) is 4.88. The molecule has 0 bridgehead atoms. The number of primary amides is 1. The van der Waals surface area contributed by atoms with Crippen LogP contribution in [0.4, 0.5) is 0 Å². The van der Waals surface area contributed by atoms with Gasteiger partial charge in [-0.1, -0.05) is 0 Å². The molecule has 2 N–H and O–H groups in total. The van der Waals surface area contributed by atoms with E-state index in [-0.39, 0.29) is 10.1 Å². The molecule has 0 aliphatic rings. The maximum Gasteiger partial charge on any atom is 0.230 e. The van der Waals surface area contributed by atoms with Crippen molar-refractivity contribution in [2.24, 2.45) is 5.73 Å². The van der Waals surface area contributed by atoms with Crippen LogP contribution in [0.3, 0.4) is 0 Å². The van der Waals surface area contributed by atoms with Gasteiger partial charge in [-0.25, -0.2) is 8.42 Å². The summed E-state index contributed by atoms with van der Waals surface area (Å²) in [7, 11) is -3.17. The van der Waals surface area contributed by atoms with Crippen molar-refractivity contribution in [1.82, 2.24) is 0 Å². The average molecular weight is 259 g/mol. The van der Waals surface area contributed by atoms with E-state index in [1.165, 1.54) is 23.9 Å². The SMILES string of the molecule is CC(Sc1ccc(S(C)(=O)=O)cc1)C(N)=O. The molecule has 1 amide bonds. The first kappa shape index (κ1) is 13.1. The number of thioether (sulfide) groups is 1. The van der Waals surface area contributed by atoms with E-state index in [1.54, 1.807) is 19.1 Å². The van der Waals surface area contributed by atoms with Gasteiger partial charge < -0.3 is 5.73 Å². The molecule has 88 valence electrons. The van der Waals surface area contributed by atoms with E-state index < -0.39 is 15.7 Å². The van der Waals surface area contributed by atoms with Gasteiger partial charge in [0.2, 0.25) is 5.91 Å². The monoisotopic (exact) mass is 259 g/mol. The molecule has 1 atom stereocenters. The molecule has 0 spiro atoms. The highest BCUT2D eigenvalue weighted by molar-refractivity contribution is 8.00. The molecule has 0 radical (unpaired) electrons. The zero-order chi connectivity index (χ0) is 12.3. The summed E-state index contributed by atoms with van der Waals surface area (Å²) in [5.41, 5.74) is 5.13. The fourth-order valence-corrected chi connectivity index (χ4v) is 2.48. The molecule has 0 fully saturated rings. The van der Waals surface area contributed by atoms with Crippen LogP contribution in [0.5, 0.6) is 0 Å². The number of rotatable bonds is 4. The Labute approximate surface area is 99.1 Å². The topological polar surface area (TPSA) is 77.2 Å². The molecule has 1 rings (SSSR count). The van der Waals surface area contributed by atoms with Crippen molar-refractivity contribution in [3.05, 3.63) is 24.3 Å². The van der Waals surface area contributed by atoms with E-state index in [2.05, 4.69) is 0 Å². The van der Waals surface area contributed by atoms with Gasteiger partial charge in [0, 0.05) is 11.2 Å². The highest BCUT2D eigenvalue weighted by atomic mass is 32.2. The number of nitrogens with two attached hydrogens (primary N) is 1. The Kier molecular flexibility index (Phi) is 3.98. The van der Waals surface area contributed by atoms with Crippen molar-refractivity contribution < 1.29 is 13.2 Å². The summed E-state index contributed by atoms with van der Waals surface area (Å²) in [6.45, 7) is 1.71. The molecule has 1 unspecified atom stereocenters. The van der Waals surface area contributed by atoms with Crippen molar-refractivity contribution in [2.45, 2.75) is 22.0 Å². The molecular formula is C10H13NO3S2. The summed E-state index contributed by atoms with van der Waals surface area (Å²) >= 11 is 1.30. The summed E-state index contributed by atoms with van der Waals surface area (Å²) < 4.78 is 22.4. The number of sulfone groups is 1. The summed E-state index contributed by atoms with van der Waals surface area (Å²) in [4.78, 5) is 11.9. The second-order valence-electron chi connectivity index (χ2n) is 3.41. The van der Waals surface area contributed by atoms with Crippen LogP contribution in [0.2, 0.25) is 0 Å². The largest absolute Gasteiger partial charge is 0.369 e. The van der Waals surface area contributed by atoms with Crippen LogP contribution in [0.25, 0.3) is 0 Å². The Morgan fingerprint density at radius 1 is 1.31 bits per heavy atom. The maximum atomic E-state index is 11.2. The molecule has 6 heteroatoms. The minimum absolute atomic E-state index is 0.267. The molecule has 1 aromatic rings. The number of hydrogen-bond acceptors (Lipinski definition) is 4. The number of carbonyl (C=O) groups is 1. The normalized spacial score (nSPS) is 13.4. The fraction of sp³-hybridized carbons (Fsp3) is 0.300. The fourth-order valence-electron chi connectivity index (χ4n) is 1.03. The van der Waals surface area contributed by atoms with Crippen molar-refractivity contribution in [2.75, 3.05) is 6.26 Å². The van der Waals surface area contributed by atoms with Gasteiger partial charge in [-0.3, -0.25) is 4.79 Å². The van der Waals surface area contributed by atoms with Crippen LogP contribution in [-0.2, 0) is 14.6 Å². The van der Waals surface area contributed by atoms with Gasteiger partial charge in [0.25, 0.3) is 0 Å². The standard InChI is InChI=1S/C10H13NO3S2/c1-7(10(11)12)15-8-3-5-9(6-4-8)16(2,13)14/h3-7H,1-2H3,(H2,11,12). The van der Waals surface area contributed by atoms with E-state index in [4.69, 9.17) is 5.73 Å². The maximum absolute atomic E-state index is 11.2. The van der Waals surface area contributed by atoms with Crippen LogP contribution < -0.4 is 5.73 Å². The van der Waals surface area contributed by atoms with Crippen molar-refractivity contribution in [3.63, 3.8) is 0 Å². The van der Waals surface area contributed by atoms with E-state index in [0.29, 0.717) is 0 Å². The Hall–Kier alpha value is -1.01. The quantitative estimate of drug-likeness (QED) is 0.820. The lowest BCUT2D eigenvalue weighted by Gasteiger charge is -2.07.